The third-order valence-electron chi connectivity index (χ3n) is 3.03. The first kappa shape index (κ1) is 15.1. The molecule has 112 valence electrons. The molecule has 2 aromatic rings. The Morgan fingerprint density at radius 3 is 2.67 bits per heavy atom. The summed E-state index contributed by atoms with van der Waals surface area (Å²) < 4.78 is 10.9. The highest BCUT2D eigenvalue weighted by Gasteiger charge is 2.04. The normalized spacial score (nSPS) is 10.8. The quantitative estimate of drug-likeness (QED) is 0.808. The summed E-state index contributed by atoms with van der Waals surface area (Å²) in [5.74, 6) is 0.842. The van der Waals surface area contributed by atoms with Crippen molar-refractivity contribution in [2.75, 3.05) is 20.2 Å². The minimum absolute atomic E-state index is 0.0339. The van der Waals surface area contributed by atoms with E-state index in [-0.39, 0.29) is 6.42 Å². The van der Waals surface area contributed by atoms with Crippen LogP contribution in [0.2, 0.25) is 0 Å². The number of hydrogen-bond acceptors (Lipinski definition) is 4. The molecule has 21 heavy (non-hydrogen) atoms. The van der Waals surface area contributed by atoms with Crippen LogP contribution in [-0.4, -0.2) is 36.2 Å². The summed E-state index contributed by atoms with van der Waals surface area (Å²) in [6.07, 6.45) is 1.70. The zero-order chi connectivity index (χ0) is 15.1. The molecule has 0 amide bonds. The molecule has 1 aromatic heterocycles. The van der Waals surface area contributed by atoms with Crippen molar-refractivity contribution in [1.29, 1.82) is 0 Å². The first-order valence-electron chi connectivity index (χ1n) is 6.78. The van der Waals surface area contributed by atoms with Gasteiger partial charge in [0.25, 0.3) is 0 Å². The fourth-order valence-corrected chi connectivity index (χ4v) is 1.95. The Hall–Kier alpha value is -2.27. The van der Waals surface area contributed by atoms with E-state index in [1.807, 2.05) is 19.2 Å². The predicted molar refractivity (Wildman–Crippen MR) is 78.3 cm³/mol. The van der Waals surface area contributed by atoms with Crippen molar-refractivity contribution in [2.24, 2.45) is 0 Å². The molecule has 0 unspecified atom stereocenters. The van der Waals surface area contributed by atoms with E-state index in [4.69, 9.17) is 14.3 Å². The maximum atomic E-state index is 10.6. The summed E-state index contributed by atoms with van der Waals surface area (Å²) >= 11 is 0. The fourth-order valence-electron chi connectivity index (χ4n) is 1.95. The number of carboxylic acid groups (broad SMARTS) is 1. The number of benzene rings is 1. The Morgan fingerprint density at radius 2 is 2.05 bits per heavy atom. The van der Waals surface area contributed by atoms with Gasteiger partial charge in [-0.15, -0.1) is 0 Å². The van der Waals surface area contributed by atoms with Crippen molar-refractivity contribution in [1.82, 2.24) is 4.90 Å². The van der Waals surface area contributed by atoms with E-state index in [0.717, 1.165) is 30.2 Å². The molecular formula is C16H19NO4. The molecule has 1 N–H and O–H groups in total. The van der Waals surface area contributed by atoms with Crippen molar-refractivity contribution in [2.45, 2.75) is 13.0 Å². The number of hydrogen-bond donors (Lipinski definition) is 1. The number of furan rings is 1. The number of rotatable bonds is 8. The zero-order valence-electron chi connectivity index (χ0n) is 12.0. The van der Waals surface area contributed by atoms with Gasteiger partial charge in [0.2, 0.25) is 0 Å². The Bertz CT molecular complexity index is 548. The molecule has 0 radical (unpaired) electrons. The van der Waals surface area contributed by atoms with E-state index in [2.05, 4.69) is 4.90 Å². The highest BCUT2D eigenvalue weighted by molar-refractivity contribution is 5.70. The van der Waals surface area contributed by atoms with E-state index < -0.39 is 5.97 Å². The average molecular weight is 289 g/mol. The first-order chi connectivity index (χ1) is 10.1. The maximum absolute atomic E-state index is 10.6. The topological polar surface area (TPSA) is 62.9 Å². The van der Waals surface area contributed by atoms with Gasteiger partial charge in [0.15, 0.2) is 0 Å². The third kappa shape index (κ3) is 5.31. The van der Waals surface area contributed by atoms with Gasteiger partial charge in [-0.2, -0.15) is 0 Å². The van der Waals surface area contributed by atoms with Gasteiger partial charge in [-0.05, 0) is 36.9 Å². The molecule has 0 bridgehead atoms. The van der Waals surface area contributed by atoms with Crippen LogP contribution >= 0.6 is 0 Å². The van der Waals surface area contributed by atoms with E-state index in [1.54, 1.807) is 30.5 Å². The second-order valence-electron chi connectivity index (χ2n) is 4.88. The zero-order valence-corrected chi connectivity index (χ0v) is 12.0. The first-order valence-corrected chi connectivity index (χ1v) is 6.78. The lowest BCUT2D eigenvalue weighted by molar-refractivity contribution is -0.136. The second-order valence-corrected chi connectivity index (χ2v) is 4.88. The van der Waals surface area contributed by atoms with Gasteiger partial charge in [0.1, 0.15) is 18.1 Å². The van der Waals surface area contributed by atoms with Crippen LogP contribution in [0.4, 0.5) is 0 Å². The second kappa shape index (κ2) is 7.50. The van der Waals surface area contributed by atoms with Crippen molar-refractivity contribution >= 4 is 5.97 Å². The standard InChI is InChI=1S/C16H19NO4/c1-17(12-15-3-2-9-20-15)8-10-21-14-6-4-13(5-7-14)11-16(18)19/h2-7,9H,8,10-12H2,1H3,(H,18,19). The van der Waals surface area contributed by atoms with Gasteiger partial charge in [-0.3, -0.25) is 9.69 Å². The monoisotopic (exact) mass is 289 g/mol. The van der Waals surface area contributed by atoms with Crippen molar-refractivity contribution in [3.63, 3.8) is 0 Å². The molecule has 0 spiro atoms. The molecule has 0 aliphatic carbocycles. The highest BCUT2D eigenvalue weighted by Crippen LogP contribution is 2.12. The molecule has 0 saturated heterocycles. The van der Waals surface area contributed by atoms with E-state index in [1.165, 1.54) is 0 Å². The van der Waals surface area contributed by atoms with Gasteiger partial charge < -0.3 is 14.3 Å². The summed E-state index contributed by atoms with van der Waals surface area (Å²) in [5.41, 5.74) is 0.768. The van der Waals surface area contributed by atoms with Gasteiger partial charge in [0.05, 0.1) is 19.2 Å². The Balaban J connectivity index is 1.71. The summed E-state index contributed by atoms with van der Waals surface area (Å²) in [6, 6.07) is 11.0. The van der Waals surface area contributed by atoms with Gasteiger partial charge in [-0.1, -0.05) is 12.1 Å². The lowest BCUT2D eigenvalue weighted by Gasteiger charge is -2.15. The molecule has 1 heterocycles. The van der Waals surface area contributed by atoms with Crippen LogP contribution in [0.25, 0.3) is 0 Å². The largest absolute Gasteiger partial charge is 0.492 e. The number of carbonyl (C=O) groups is 1. The van der Waals surface area contributed by atoms with Crippen LogP contribution in [0, 0.1) is 0 Å². The smallest absolute Gasteiger partial charge is 0.307 e. The summed E-state index contributed by atoms with van der Waals surface area (Å²) in [6.45, 7) is 2.08. The highest BCUT2D eigenvalue weighted by atomic mass is 16.5. The van der Waals surface area contributed by atoms with Gasteiger partial charge in [0, 0.05) is 6.54 Å². The summed E-state index contributed by atoms with van der Waals surface area (Å²) in [5, 5.41) is 8.70. The SMILES string of the molecule is CN(CCOc1ccc(CC(=O)O)cc1)Cc1ccco1. The summed E-state index contributed by atoms with van der Waals surface area (Å²) in [7, 11) is 2.00. The van der Waals surface area contributed by atoms with Crippen LogP contribution < -0.4 is 4.74 Å². The molecule has 0 fully saturated rings. The molecule has 1 aromatic carbocycles. The Morgan fingerprint density at radius 1 is 1.29 bits per heavy atom. The van der Waals surface area contributed by atoms with Crippen molar-refractivity contribution < 1.29 is 19.1 Å². The maximum Gasteiger partial charge on any atom is 0.307 e. The summed E-state index contributed by atoms with van der Waals surface area (Å²) in [4.78, 5) is 12.7. The van der Waals surface area contributed by atoms with Gasteiger partial charge >= 0.3 is 5.97 Å². The van der Waals surface area contributed by atoms with Crippen LogP contribution in [0.5, 0.6) is 5.75 Å². The van der Waals surface area contributed by atoms with Gasteiger partial charge in [-0.25, -0.2) is 0 Å². The average Bonchev–Trinajstić information content (AvgIpc) is 2.93. The molecule has 0 saturated carbocycles. The van der Waals surface area contributed by atoms with Crippen LogP contribution in [0.3, 0.4) is 0 Å². The molecule has 0 aliphatic heterocycles. The lowest BCUT2D eigenvalue weighted by Crippen LogP contribution is -2.23. The molecule has 0 atom stereocenters. The van der Waals surface area contributed by atoms with Crippen molar-refractivity contribution in [3.05, 3.63) is 54.0 Å². The molecule has 5 nitrogen and oxygen atoms in total. The van der Waals surface area contributed by atoms with Crippen LogP contribution in [0.15, 0.2) is 47.1 Å². The fraction of sp³-hybridized carbons (Fsp3) is 0.312. The molecule has 0 aliphatic rings. The van der Waals surface area contributed by atoms with E-state index in [0.29, 0.717) is 6.61 Å². The van der Waals surface area contributed by atoms with Crippen LogP contribution in [0.1, 0.15) is 11.3 Å². The number of aliphatic carboxylic acids is 1. The number of carboxylic acids is 1. The number of ether oxygens (including phenoxy) is 1. The van der Waals surface area contributed by atoms with Crippen molar-refractivity contribution in [3.8, 4) is 5.75 Å². The third-order valence-corrected chi connectivity index (χ3v) is 3.03. The van der Waals surface area contributed by atoms with E-state index >= 15 is 0 Å². The molecular weight excluding hydrogens is 270 g/mol. The molecule has 5 heteroatoms. The lowest BCUT2D eigenvalue weighted by atomic mass is 10.1. The minimum atomic E-state index is -0.830. The predicted octanol–water partition coefficient (Wildman–Crippen LogP) is 2.42. The number of nitrogens with zero attached hydrogens (tertiary/aromatic N) is 1. The van der Waals surface area contributed by atoms with Crippen LogP contribution in [-0.2, 0) is 17.8 Å². The Labute approximate surface area is 123 Å². The molecule has 2 rings (SSSR count). The van der Waals surface area contributed by atoms with E-state index in [9.17, 15) is 4.79 Å². The number of likely N-dealkylation sites (N-methyl/N-ethyl adjacent to an activating group) is 1. The minimum Gasteiger partial charge on any atom is -0.492 e. The Kier molecular flexibility index (Phi) is 5.40.